The summed E-state index contributed by atoms with van der Waals surface area (Å²) in [5.74, 6) is 0.453. The van der Waals surface area contributed by atoms with E-state index in [0.29, 0.717) is 12.2 Å². The molecule has 1 amide bonds. The Kier molecular flexibility index (Phi) is 6.65. The predicted molar refractivity (Wildman–Crippen MR) is 107 cm³/mol. The van der Waals surface area contributed by atoms with Crippen molar-refractivity contribution < 1.29 is 17.9 Å². The first-order valence-corrected chi connectivity index (χ1v) is 10.8. The van der Waals surface area contributed by atoms with Crippen LogP contribution in [0.3, 0.4) is 0 Å². The van der Waals surface area contributed by atoms with Gasteiger partial charge in [0.2, 0.25) is 0 Å². The van der Waals surface area contributed by atoms with Crippen LogP contribution in [0.5, 0.6) is 5.75 Å². The van der Waals surface area contributed by atoms with E-state index in [1.165, 1.54) is 6.26 Å². The molecule has 2 rings (SSSR count). The van der Waals surface area contributed by atoms with Crippen molar-refractivity contribution in [1.29, 1.82) is 0 Å². The number of benzene rings is 2. The molecule has 2 aromatic rings. The van der Waals surface area contributed by atoms with Crippen molar-refractivity contribution in [2.75, 3.05) is 6.26 Å². The van der Waals surface area contributed by atoms with E-state index in [1.807, 2.05) is 39.0 Å². The number of hydrogen-bond donors (Lipinski definition) is 1. The molecule has 0 heterocycles. The van der Waals surface area contributed by atoms with E-state index in [4.69, 9.17) is 4.74 Å². The van der Waals surface area contributed by atoms with Crippen LogP contribution in [-0.2, 0) is 14.6 Å². The average molecular weight is 390 g/mol. The molecule has 0 radical (unpaired) electrons. The number of nitrogens with one attached hydrogen (secondary N) is 1. The van der Waals surface area contributed by atoms with Crippen LogP contribution in [0, 0.1) is 13.8 Å². The van der Waals surface area contributed by atoms with Gasteiger partial charge in [-0.1, -0.05) is 25.1 Å². The molecule has 0 aliphatic carbocycles. The molecular formula is C21H27NO4S. The summed E-state index contributed by atoms with van der Waals surface area (Å²) in [4.78, 5) is 12.8. The standard InChI is InChI=1S/C21H27NO4S/c1-6-20(17-7-9-19(10-8-17)27(5,24)25)22-21(23)16(4)26-18-12-14(2)11-15(3)13-18/h7-13,16,20H,6H2,1-5H3,(H,22,23)/t16-,20+/m0/s1. The van der Waals surface area contributed by atoms with E-state index in [0.717, 1.165) is 16.7 Å². The highest BCUT2D eigenvalue weighted by atomic mass is 32.2. The monoisotopic (exact) mass is 389 g/mol. The molecular weight excluding hydrogens is 362 g/mol. The van der Waals surface area contributed by atoms with Gasteiger partial charge in [0.25, 0.3) is 5.91 Å². The molecule has 1 N–H and O–H groups in total. The van der Waals surface area contributed by atoms with Crippen molar-refractivity contribution in [2.45, 2.75) is 51.2 Å². The van der Waals surface area contributed by atoms with Crippen molar-refractivity contribution in [3.05, 3.63) is 59.2 Å². The highest BCUT2D eigenvalue weighted by Crippen LogP contribution is 2.21. The number of carbonyl (C=O) groups is 1. The number of hydrogen-bond acceptors (Lipinski definition) is 4. The van der Waals surface area contributed by atoms with Crippen molar-refractivity contribution in [3.63, 3.8) is 0 Å². The Labute approximate surface area is 161 Å². The minimum Gasteiger partial charge on any atom is -0.481 e. The lowest BCUT2D eigenvalue weighted by Crippen LogP contribution is -2.38. The molecule has 0 aliphatic rings. The average Bonchev–Trinajstić information content (AvgIpc) is 2.57. The Morgan fingerprint density at radius 1 is 1.07 bits per heavy atom. The first-order chi connectivity index (χ1) is 12.6. The van der Waals surface area contributed by atoms with Crippen molar-refractivity contribution in [3.8, 4) is 5.75 Å². The van der Waals surface area contributed by atoms with Crippen LogP contribution in [0.1, 0.15) is 43.0 Å². The fourth-order valence-electron chi connectivity index (χ4n) is 2.92. The molecule has 6 heteroatoms. The SMILES string of the molecule is CC[C@@H](NC(=O)[C@H](C)Oc1cc(C)cc(C)c1)c1ccc(S(C)(=O)=O)cc1. The van der Waals surface area contributed by atoms with Gasteiger partial charge in [-0.05, 0) is 68.1 Å². The van der Waals surface area contributed by atoms with Crippen LogP contribution in [0.2, 0.25) is 0 Å². The fraction of sp³-hybridized carbons (Fsp3) is 0.381. The number of carbonyl (C=O) groups excluding carboxylic acids is 1. The first-order valence-electron chi connectivity index (χ1n) is 8.95. The molecule has 5 nitrogen and oxygen atoms in total. The van der Waals surface area contributed by atoms with Gasteiger partial charge in [0, 0.05) is 6.26 Å². The van der Waals surface area contributed by atoms with E-state index in [2.05, 4.69) is 5.32 Å². The third-order valence-corrected chi connectivity index (χ3v) is 5.44. The lowest BCUT2D eigenvalue weighted by Gasteiger charge is -2.21. The van der Waals surface area contributed by atoms with Crippen LogP contribution in [0.4, 0.5) is 0 Å². The summed E-state index contributed by atoms with van der Waals surface area (Å²) in [5, 5.41) is 2.98. The molecule has 146 valence electrons. The highest BCUT2D eigenvalue weighted by Gasteiger charge is 2.20. The Balaban J connectivity index is 2.07. The van der Waals surface area contributed by atoms with Gasteiger partial charge < -0.3 is 10.1 Å². The first kappa shape index (κ1) is 21.0. The number of rotatable bonds is 7. The molecule has 0 spiro atoms. The third kappa shape index (κ3) is 5.82. The molecule has 0 saturated carbocycles. The van der Waals surface area contributed by atoms with E-state index < -0.39 is 15.9 Å². The minimum atomic E-state index is -3.24. The van der Waals surface area contributed by atoms with Crippen molar-refractivity contribution in [2.24, 2.45) is 0 Å². The lowest BCUT2D eigenvalue weighted by molar-refractivity contribution is -0.128. The molecule has 0 bridgehead atoms. The molecule has 0 saturated heterocycles. The zero-order valence-corrected chi connectivity index (χ0v) is 17.3. The molecule has 0 aliphatic heterocycles. The maximum absolute atomic E-state index is 12.6. The summed E-state index contributed by atoms with van der Waals surface area (Å²) in [5.41, 5.74) is 3.02. The topological polar surface area (TPSA) is 72.5 Å². The normalized spacial score (nSPS) is 13.7. The smallest absolute Gasteiger partial charge is 0.261 e. The number of amides is 1. The van der Waals surface area contributed by atoms with E-state index >= 15 is 0 Å². The maximum atomic E-state index is 12.6. The van der Waals surface area contributed by atoms with Gasteiger partial charge in [0.1, 0.15) is 5.75 Å². The summed E-state index contributed by atoms with van der Waals surface area (Å²) in [6, 6.07) is 12.2. The van der Waals surface area contributed by atoms with Gasteiger partial charge in [0.15, 0.2) is 15.9 Å². The number of aryl methyl sites for hydroxylation is 2. The maximum Gasteiger partial charge on any atom is 0.261 e. The Hall–Kier alpha value is -2.34. The van der Waals surface area contributed by atoms with Gasteiger partial charge in [-0.3, -0.25) is 4.79 Å². The molecule has 27 heavy (non-hydrogen) atoms. The molecule has 0 unspecified atom stereocenters. The fourth-order valence-corrected chi connectivity index (χ4v) is 3.55. The second kappa shape index (κ2) is 8.57. The molecule has 0 fully saturated rings. The minimum absolute atomic E-state index is 0.212. The van der Waals surface area contributed by atoms with Gasteiger partial charge in [-0.15, -0.1) is 0 Å². The van der Waals surface area contributed by atoms with Gasteiger partial charge in [-0.25, -0.2) is 8.42 Å². The van der Waals surface area contributed by atoms with Crippen LogP contribution >= 0.6 is 0 Å². The van der Waals surface area contributed by atoms with Crippen LogP contribution in [-0.4, -0.2) is 26.7 Å². The van der Waals surface area contributed by atoms with Crippen molar-refractivity contribution in [1.82, 2.24) is 5.32 Å². The van der Waals surface area contributed by atoms with E-state index in [-0.39, 0.29) is 16.8 Å². The van der Waals surface area contributed by atoms with Crippen LogP contribution in [0.25, 0.3) is 0 Å². The zero-order chi connectivity index (χ0) is 20.2. The van der Waals surface area contributed by atoms with Gasteiger partial charge >= 0.3 is 0 Å². The van der Waals surface area contributed by atoms with E-state index in [1.54, 1.807) is 31.2 Å². The van der Waals surface area contributed by atoms with Gasteiger partial charge in [-0.2, -0.15) is 0 Å². The summed E-state index contributed by atoms with van der Waals surface area (Å²) in [6.45, 7) is 7.65. The van der Waals surface area contributed by atoms with Gasteiger partial charge in [0.05, 0.1) is 10.9 Å². The van der Waals surface area contributed by atoms with Crippen LogP contribution < -0.4 is 10.1 Å². The Morgan fingerprint density at radius 3 is 2.11 bits per heavy atom. The zero-order valence-electron chi connectivity index (χ0n) is 16.4. The lowest BCUT2D eigenvalue weighted by atomic mass is 10.0. The number of sulfone groups is 1. The van der Waals surface area contributed by atoms with Crippen molar-refractivity contribution >= 4 is 15.7 Å². The second-order valence-corrected chi connectivity index (χ2v) is 8.91. The quantitative estimate of drug-likeness (QED) is 0.783. The number of ether oxygens (including phenoxy) is 1. The summed E-state index contributed by atoms with van der Waals surface area (Å²) in [7, 11) is -3.24. The highest BCUT2D eigenvalue weighted by molar-refractivity contribution is 7.90. The molecule has 2 atom stereocenters. The predicted octanol–water partition coefficient (Wildman–Crippen LogP) is 3.74. The summed E-state index contributed by atoms with van der Waals surface area (Å²) < 4.78 is 29.0. The Bertz CT molecular complexity index is 884. The summed E-state index contributed by atoms with van der Waals surface area (Å²) in [6.07, 6.45) is 1.21. The molecule has 2 aromatic carbocycles. The van der Waals surface area contributed by atoms with E-state index in [9.17, 15) is 13.2 Å². The largest absolute Gasteiger partial charge is 0.481 e. The van der Waals surface area contributed by atoms with Crippen LogP contribution in [0.15, 0.2) is 47.4 Å². The third-order valence-electron chi connectivity index (χ3n) is 4.31. The molecule has 0 aromatic heterocycles. The second-order valence-electron chi connectivity index (χ2n) is 6.89. The summed E-state index contributed by atoms with van der Waals surface area (Å²) >= 11 is 0. The Morgan fingerprint density at radius 2 is 1.63 bits per heavy atom.